The van der Waals surface area contributed by atoms with E-state index in [1.54, 1.807) is 18.2 Å². The van der Waals surface area contributed by atoms with Gasteiger partial charge in [0.15, 0.2) is 11.5 Å². The Hall–Kier alpha value is -1.47. The first-order valence-electron chi connectivity index (χ1n) is 6.23. The van der Waals surface area contributed by atoms with Crippen molar-refractivity contribution < 1.29 is 27.8 Å². The van der Waals surface area contributed by atoms with Crippen LogP contribution in [0, 0.1) is 0 Å². The Morgan fingerprint density at radius 1 is 1.30 bits per heavy atom. The van der Waals surface area contributed by atoms with Gasteiger partial charge in [-0.25, -0.2) is 0 Å². The van der Waals surface area contributed by atoms with Gasteiger partial charge >= 0.3 is 6.18 Å². The van der Waals surface area contributed by atoms with E-state index in [9.17, 15) is 18.3 Å². The van der Waals surface area contributed by atoms with Crippen LogP contribution in [-0.2, 0) is 11.3 Å². The van der Waals surface area contributed by atoms with Crippen LogP contribution < -0.4 is 10.1 Å². The lowest BCUT2D eigenvalue weighted by Gasteiger charge is -2.11. The Morgan fingerprint density at radius 3 is 2.70 bits per heavy atom. The van der Waals surface area contributed by atoms with E-state index in [1.165, 1.54) is 0 Å². The fourth-order valence-corrected chi connectivity index (χ4v) is 1.54. The zero-order chi connectivity index (χ0) is 15.0. The number of nitrogens with one attached hydrogen (secondary N) is 1. The van der Waals surface area contributed by atoms with Crippen molar-refractivity contribution in [3.05, 3.63) is 23.8 Å². The van der Waals surface area contributed by atoms with Crippen LogP contribution in [0.4, 0.5) is 13.2 Å². The van der Waals surface area contributed by atoms with E-state index >= 15 is 0 Å². The summed E-state index contributed by atoms with van der Waals surface area (Å²) in [5.41, 5.74) is 0.617. The van der Waals surface area contributed by atoms with Crippen LogP contribution in [0.3, 0.4) is 0 Å². The van der Waals surface area contributed by atoms with E-state index in [2.05, 4.69) is 10.1 Å². The minimum Gasteiger partial charge on any atom is -0.504 e. The number of phenols is 1. The SMILES string of the molecule is CCOc1cccc(CNCCOCC(F)(F)F)c1O. The van der Waals surface area contributed by atoms with Gasteiger partial charge in [0.1, 0.15) is 6.61 Å². The highest BCUT2D eigenvalue weighted by atomic mass is 19.4. The minimum absolute atomic E-state index is 0.0399. The van der Waals surface area contributed by atoms with Crippen LogP contribution in [0.25, 0.3) is 0 Å². The molecule has 0 aliphatic carbocycles. The van der Waals surface area contributed by atoms with E-state index in [-0.39, 0.29) is 18.9 Å². The minimum atomic E-state index is -4.30. The van der Waals surface area contributed by atoms with Gasteiger partial charge in [-0.1, -0.05) is 12.1 Å². The Kier molecular flexibility index (Phi) is 6.60. The number of hydrogen-bond donors (Lipinski definition) is 2. The zero-order valence-electron chi connectivity index (χ0n) is 11.2. The molecule has 7 heteroatoms. The molecule has 0 fully saturated rings. The van der Waals surface area contributed by atoms with Gasteiger partial charge in [-0.3, -0.25) is 0 Å². The van der Waals surface area contributed by atoms with E-state index in [0.717, 1.165) is 0 Å². The largest absolute Gasteiger partial charge is 0.504 e. The third-order valence-corrected chi connectivity index (χ3v) is 2.39. The summed E-state index contributed by atoms with van der Waals surface area (Å²) in [5.74, 6) is 0.429. The summed E-state index contributed by atoms with van der Waals surface area (Å²) < 4.78 is 45.1. The molecule has 1 aromatic carbocycles. The molecule has 0 heterocycles. The first-order chi connectivity index (χ1) is 9.44. The number of rotatable bonds is 8. The first-order valence-corrected chi connectivity index (χ1v) is 6.23. The fraction of sp³-hybridized carbons (Fsp3) is 0.538. The van der Waals surface area contributed by atoms with Crippen molar-refractivity contribution in [2.24, 2.45) is 0 Å². The maximum Gasteiger partial charge on any atom is 0.411 e. The number of aromatic hydroxyl groups is 1. The predicted molar refractivity (Wildman–Crippen MR) is 67.9 cm³/mol. The molecule has 0 saturated carbocycles. The zero-order valence-corrected chi connectivity index (χ0v) is 11.2. The molecule has 20 heavy (non-hydrogen) atoms. The Balaban J connectivity index is 2.30. The molecule has 0 amide bonds. The van der Waals surface area contributed by atoms with Crippen molar-refractivity contribution in [2.75, 3.05) is 26.4 Å². The maximum atomic E-state index is 11.8. The highest BCUT2D eigenvalue weighted by Gasteiger charge is 2.27. The second-order valence-electron chi connectivity index (χ2n) is 4.04. The standard InChI is InChI=1S/C13H18F3NO3/c1-2-20-11-5-3-4-10(12(11)18)8-17-6-7-19-9-13(14,15)16/h3-5,17-18H,2,6-9H2,1H3. The summed E-state index contributed by atoms with van der Waals surface area (Å²) in [6.45, 7) is 1.53. The molecule has 0 bridgehead atoms. The molecule has 0 unspecified atom stereocenters. The highest BCUT2D eigenvalue weighted by Crippen LogP contribution is 2.29. The summed E-state index contributed by atoms with van der Waals surface area (Å²) in [4.78, 5) is 0. The van der Waals surface area contributed by atoms with Gasteiger partial charge < -0.3 is 19.9 Å². The molecule has 114 valence electrons. The number of halogens is 3. The van der Waals surface area contributed by atoms with Crippen LogP contribution >= 0.6 is 0 Å². The Bertz CT molecular complexity index is 410. The van der Waals surface area contributed by atoms with Crippen molar-refractivity contribution in [1.82, 2.24) is 5.32 Å². The summed E-state index contributed by atoms with van der Waals surface area (Å²) >= 11 is 0. The lowest BCUT2D eigenvalue weighted by atomic mass is 10.2. The Labute approximate surface area is 115 Å². The van der Waals surface area contributed by atoms with Crippen molar-refractivity contribution in [1.29, 1.82) is 0 Å². The first kappa shape index (κ1) is 16.6. The topological polar surface area (TPSA) is 50.7 Å². The normalized spacial score (nSPS) is 11.6. The number of alkyl halides is 3. The van der Waals surface area contributed by atoms with Crippen molar-refractivity contribution in [3.63, 3.8) is 0 Å². The molecule has 0 aliphatic rings. The molecule has 0 saturated heterocycles. The van der Waals surface area contributed by atoms with Crippen molar-refractivity contribution >= 4 is 0 Å². The van der Waals surface area contributed by atoms with Gasteiger partial charge in [-0.05, 0) is 13.0 Å². The van der Waals surface area contributed by atoms with E-state index in [1.807, 2.05) is 6.92 Å². The molecule has 0 spiro atoms. The molecular weight excluding hydrogens is 275 g/mol. The van der Waals surface area contributed by atoms with Crippen LogP contribution in [0.2, 0.25) is 0 Å². The molecule has 0 aliphatic heterocycles. The number of hydrogen-bond acceptors (Lipinski definition) is 4. The second kappa shape index (κ2) is 7.96. The molecule has 1 rings (SSSR count). The molecule has 4 nitrogen and oxygen atoms in total. The molecule has 0 atom stereocenters. The van der Waals surface area contributed by atoms with E-state index in [4.69, 9.17) is 4.74 Å². The number of para-hydroxylation sites is 1. The van der Waals surface area contributed by atoms with E-state index < -0.39 is 12.8 Å². The maximum absolute atomic E-state index is 11.8. The van der Waals surface area contributed by atoms with Gasteiger partial charge in [0.05, 0.1) is 13.2 Å². The van der Waals surface area contributed by atoms with Crippen LogP contribution in [0.5, 0.6) is 11.5 Å². The Morgan fingerprint density at radius 2 is 2.05 bits per heavy atom. The van der Waals surface area contributed by atoms with E-state index in [0.29, 0.717) is 24.5 Å². The third-order valence-electron chi connectivity index (χ3n) is 2.39. The fourth-order valence-electron chi connectivity index (χ4n) is 1.54. The second-order valence-corrected chi connectivity index (χ2v) is 4.04. The van der Waals surface area contributed by atoms with Gasteiger partial charge in [0.2, 0.25) is 0 Å². The molecule has 2 N–H and O–H groups in total. The van der Waals surface area contributed by atoms with Gasteiger partial charge in [0, 0.05) is 18.7 Å². The lowest BCUT2D eigenvalue weighted by molar-refractivity contribution is -0.173. The summed E-state index contributed by atoms with van der Waals surface area (Å²) in [5, 5.41) is 12.8. The lowest BCUT2D eigenvalue weighted by Crippen LogP contribution is -2.23. The quantitative estimate of drug-likeness (QED) is 0.723. The van der Waals surface area contributed by atoms with Crippen LogP contribution in [-0.4, -0.2) is 37.6 Å². The predicted octanol–water partition coefficient (Wildman–Crippen LogP) is 2.46. The number of phenolic OH excluding ortho intramolecular Hbond substituents is 1. The summed E-state index contributed by atoms with van der Waals surface area (Å²) in [6, 6.07) is 5.10. The van der Waals surface area contributed by atoms with Crippen molar-refractivity contribution in [3.8, 4) is 11.5 Å². The van der Waals surface area contributed by atoms with Crippen LogP contribution in [0.1, 0.15) is 12.5 Å². The van der Waals surface area contributed by atoms with Gasteiger partial charge in [-0.2, -0.15) is 13.2 Å². The number of benzene rings is 1. The monoisotopic (exact) mass is 293 g/mol. The molecular formula is C13H18F3NO3. The highest BCUT2D eigenvalue weighted by molar-refractivity contribution is 5.45. The molecule has 0 aromatic heterocycles. The average Bonchev–Trinajstić information content (AvgIpc) is 2.36. The number of ether oxygens (including phenoxy) is 2. The smallest absolute Gasteiger partial charge is 0.411 e. The molecule has 0 radical (unpaired) electrons. The van der Waals surface area contributed by atoms with Gasteiger partial charge in [0.25, 0.3) is 0 Å². The molecule has 1 aromatic rings. The summed E-state index contributed by atoms with van der Waals surface area (Å²) in [7, 11) is 0. The van der Waals surface area contributed by atoms with Crippen molar-refractivity contribution in [2.45, 2.75) is 19.6 Å². The summed E-state index contributed by atoms with van der Waals surface area (Å²) in [6.07, 6.45) is -4.30. The van der Waals surface area contributed by atoms with Crippen LogP contribution in [0.15, 0.2) is 18.2 Å². The van der Waals surface area contributed by atoms with Gasteiger partial charge in [-0.15, -0.1) is 0 Å². The third kappa shape index (κ3) is 6.12. The average molecular weight is 293 g/mol.